The summed E-state index contributed by atoms with van der Waals surface area (Å²) in [5, 5.41) is 24.8. The van der Waals surface area contributed by atoms with Gasteiger partial charge in [-0.2, -0.15) is 0 Å². The Balaban J connectivity index is 1.87. The molecule has 2 aromatic carbocycles. The van der Waals surface area contributed by atoms with Crippen molar-refractivity contribution in [3.05, 3.63) is 87.0 Å². The lowest BCUT2D eigenvalue weighted by Crippen LogP contribution is -2.52. The van der Waals surface area contributed by atoms with Gasteiger partial charge < -0.3 is 24.6 Å². The predicted octanol–water partition coefficient (Wildman–Crippen LogP) is 4.32. The quantitative estimate of drug-likeness (QED) is 0.465. The van der Waals surface area contributed by atoms with Crippen LogP contribution in [-0.2, 0) is 11.2 Å². The van der Waals surface area contributed by atoms with E-state index in [1.54, 1.807) is 6.07 Å². The Labute approximate surface area is 212 Å². The van der Waals surface area contributed by atoms with Crippen molar-refractivity contribution < 1.29 is 19.7 Å². The summed E-state index contributed by atoms with van der Waals surface area (Å²) in [5.41, 5.74) is -1.19. The van der Waals surface area contributed by atoms with Gasteiger partial charge >= 0.3 is 0 Å². The van der Waals surface area contributed by atoms with Gasteiger partial charge in [-0.25, -0.2) is 4.98 Å². The Morgan fingerprint density at radius 1 is 1.15 bits per heavy atom. The van der Waals surface area contributed by atoms with Crippen LogP contribution >= 0.6 is 27.5 Å². The van der Waals surface area contributed by atoms with E-state index in [0.29, 0.717) is 17.9 Å². The molecule has 6 nitrogen and oxygen atoms in total. The van der Waals surface area contributed by atoms with Gasteiger partial charge in [-0.1, -0.05) is 70.0 Å². The number of halogens is 2. The molecule has 3 aromatic rings. The van der Waals surface area contributed by atoms with Gasteiger partial charge in [0.15, 0.2) is 11.2 Å². The van der Waals surface area contributed by atoms with E-state index >= 15 is 0 Å². The standard InChI is InChI=1S/C26H26BrClN2O4/c1-30(2)14-18-21(15-7-5-4-6-8-15)26(16-9-11-17(27)12-10-16)25(32,23(18)31)22-19(34-26)13-20(28)29-24(22)33-3/h4-13,18,21,23,31-32H,14H2,1-3H3/t18-,21-,23-,25+,26+/m1/s1. The zero-order valence-corrected chi connectivity index (χ0v) is 21.4. The summed E-state index contributed by atoms with van der Waals surface area (Å²) in [7, 11) is 5.38. The summed E-state index contributed by atoms with van der Waals surface area (Å²) >= 11 is 9.79. The molecule has 2 heterocycles. The Hall–Kier alpha value is -2.16. The number of aromatic nitrogens is 1. The third-order valence-electron chi connectivity index (χ3n) is 7.04. The first-order chi connectivity index (χ1) is 16.2. The average molecular weight is 546 g/mol. The van der Waals surface area contributed by atoms with Crippen molar-refractivity contribution in [3.63, 3.8) is 0 Å². The number of pyridine rings is 1. The predicted molar refractivity (Wildman–Crippen MR) is 133 cm³/mol. The molecule has 1 aromatic heterocycles. The Bertz CT molecular complexity index is 1210. The number of ether oxygens (including phenoxy) is 2. The van der Waals surface area contributed by atoms with Gasteiger partial charge in [-0.15, -0.1) is 0 Å². The van der Waals surface area contributed by atoms with Crippen LogP contribution in [0.3, 0.4) is 0 Å². The van der Waals surface area contributed by atoms with Crippen molar-refractivity contribution in [2.24, 2.45) is 5.92 Å². The number of fused-ring (bicyclic) bond motifs is 3. The van der Waals surface area contributed by atoms with Gasteiger partial charge in [-0.05, 0) is 37.4 Å². The number of aliphatic hydroxyl groups is 2. The van der Waals surface area contributed by atoms with E-state index in [1.165, 1.54) is 7.11 Å². The van der Waals surface area contributed by atoms with Crippen LogP contribution in [0.1, 0.15) is 22.6 Å². The Morgan fingerprint density at radius 3 is 2.44 bits per heavy atom. The highest BCUT2D eigenvalue weighted by Crippen LogP contribution is 2.69. The molecule has 0 unspecified atom stereocenters. The summed E-state index contributed by atoms with van der Waals surface area (Å²) in [5.74, 6) is -0.265. The molecule has 8 heteroatoms. The lowest BCUT2D eigenvalue weighted by Gasteiger charge is -2.41. The maximum atomic E-state index is 12.7. The first kappa shape index (κ1) is 23.6. The Morgan fingerprint density at radius 2 is 1.82 bits per heavy atom. The molecule has 0 bridgehead atoms. The number of rotatable bonds is 5. The van der Waals surface area contributed by atoms with Crippen LogP contribution in [0.5, 0.6) is 11.6 Å². The van der Waals surface area contributed by atoms with Crippen LogP contribution in [0.4, 0.5) is 0 Å². The van der Waals surface area contributed by atoms with Crippen molar-refractivity contribution in [1.29, 1.82) is 0 Å². The molecule has 2 aliphatic rings. The molecule has 1 aliphatic heterocycles. The molecule has 1 saturated carbocycles. The zero-order chi connectivity index (χ0) is 24.3. The molecule has 5 rings (SSSR count). The van der Waals surface area contributed by atoms with Gasteiger partial charge in [0.1, 0.15) is 10.9 Å². The average Bonchev–Trinajstić information content (AvgIpc) is 3.17. The smallest absolute Gasteiger partial charge is 0.224 e. The van der Waals surface area contributed by atoms with Crippen LogP contribution < -0.4 is 9.47 Å². The van der Waals surface area contributed by atoms with Gasteiger partial charge in [0.05, 0.1) is 18.8 Å². The maximum absolute atomic E-state index is 12.7. The summed E-state index contributed by atoms with van der Waals surface area (Å²) in [6, 6.07) is 19.1. The summed E-state index contributed by atoms with van der Waals surface area (Å²) in [4.78, 5) is 6.32. The third-order valence-corrected chi connectivity index (χ3v) is 7.76. The topological polar surface area (TPSA) is 75.0 Å². The SMILES string of the molecule is COc1nc(Cl)cc2c1[C@]1(O)[C@H](O)[C@H](CN(C)C)[C@@H](c3ccccc3)[C@]1(c1ccc(Br)cc1)O2. The number of aliphatic hydroxyl groups excluding tert-OH is 1. The van der Waals surface area contributed by atoms with Gasteiger partial charge in [0, 0.05) is 28.9 Å². The van der Waals surface area contributed by atoms with Crippen LogP contribution in [0.25, 0.3) is 0 Å². The van der Waals surface area contributed by atoms with E-state index in [-0.39, 0.29) is 17.0 Å². The van der Waals surface area contributed by atoms with Crippen LogP contribution in [0.2, 0.25) is 5.15 Å². The van der Waals surface area contributed by atoms with Gasteiger partial charge in [0.25, 0.3) is 0 Å². The minimum absolute atomic E-state index is 0.139. The van der Waals surface area contributed by atoms with E-state index in [0.717, 1.165) is 15.6 Å². The summed E-state index contributed by atoms with van der Waals surface area (Å²) < 4.78 is 13.2. The monoisotopic (exact) mass is 544 g/mol. The van der Waals surface area contributed by atoms with Crippen LogP contribution in [-0.4, -0.2) is 54.0 Å². The largest absolute Gasteiger partial charge is 0.481 e. The van der Waals surface area contributed by atoms with E-state index in [2.05, 4.69) is 20.9 Å². The number of nitrogens with zero attached hydrogens (tertiary/aromatic N) is 2. The fourth-order valence-electron chi connectivity index (χ4n) is 5.87. The second kappa shape index (κ2) is 8.50. The van der Waals surface area contributed by atoms with Gasteiger partial charge in [0.2, 0.25) is 5.88 Å². The van der Waals surface area contributed by atoms with Crippen molar-refractivity contribution in [3.8, 4) is 11.6 Å². The normalized spacial score (nSPS) is 29.6. The second-order valence-corrected chi connectivity index (χ2v) is 10.5. The van der Waals surface area contributed by atoms with Crippen molar-refractivity contribution in [2.75, 3.05) is 27.7 Å². The molecule has 0 spiro atoms. The zero-order valence-electron chi connectivity index (χ0n) is 19.1. The number of hydrogen-bond acceptors (Lipinski definition) is 6. The highest BCUT2D eigenvalue weighted by molar-refractivity contribution is 9.10. The van der Waals surface area contributed by atoms with E-state index < -0.39 is 23.2 Å². The van der Waals surface area contributed by atoms with E-state index in [4.69, 9.17) is 21.1 Å². The highest BCUT2D eigenvalue weighted by Gasteiger charge is 2.76. The molecular formula is C26H26BrClN2O4. The second-order valence-electron chi connectivity index (χ2n) is 9.20. The number of methoxy groups -OCH3 is 1. The minimum Gasteiger partial charge on any atom is -0.481 e. The molecule has 2 N–H and O–H groups in total. The third kappa shape index (κ3) is 3.22. The highest BCUT2D eigenvalue weighted by atomic mass is 79.9. The van der Waals surface area contributed by atoms with Crippen molar-refractivity contribution in [1.82, 2.24) is 9.88 Å². The minimum atomic E-state index is -1.85. The molecule has 1 fully saturated rings. The molecule has 1 aliphatic carbocycles. The maximum Gasteiger partial charge on any atom is 0.224 e. The first-order valence-electron chi connectivity index (χ1n) is 11.0. The fraction of sp³-hybridized carbons (Fsp3) is 0.346. The lowest BCUT2D eigenvalue weighted by atomic mass is 9.71. The van der Waals surface area contributed by atoms with Crippen LogP contribution in [0.15, 0.2) is 65.1 Å². The van der Waals surface area contributed by atoms with Gasteiger partial charge in [-0.3, -0.25) is 0 Å². The molecule has 178 valence electrons. The number of hydrogen-bond donors (Lipinski definition) is 2. The molecule has 0 saturated heterocycles. The first-order valence-corrected chi connectivity index (χ1v) is 12.2. The fourth-order valence-corrected chi connectivity index (χ4v) is 6.31. The van der Waals surface area contributed by atoms with E-state index in [9.17, 15) is 10.2 Å². The summed E-state index contributed by atoms with van der Waals surface area (Å²) in [6.45, 7) is 0.531. The lowest BCUT2D eigenvalue weighted by molar-refractivity contribution is -0.152. The van der Waals surface area contributed by atoms with Crippen LogP contribution in [0, 0.1) is 5.92 Å². The number of benzene rings is 2. The molecule has 0 amide bonds. The summed E-state index contributed by atoms with van der Waals surface area (Å²) in [6.07, 6.45) is -1.18. The molecule has 0 radical (unpaired) electrons. The van der Waals surface area contributed by atoms with Crippen molar-refractivity contribution in [2.45, 2.75) is 23.2 Å². The molecule has 5 atom stereocenters. The van der Waals surface area contributed by atoms with Crippen molar-refractivity contribution >= 4 is 27.5 Å². The van der Waals surface area contributed by atoms with E-state index in [1.807, 2.05) is 73.6 Å². The molecular weight excluding hydrogens is 520 g/mol. The Kier molecular flexibility index (Phi) is 5.89. The molecule has 34 heavy (non-hydrogen) atoms.